The van der Waals surface area contributed by atoms with Crippen LogP contribution in [0, 0.1) is 0 Å². The van der Waals surface area contributed by atoms with Gasteiger partial charge < -0.3 is 9.30 Å². The Hall–Kier alpha value is -1.66. The fourth-order valence-corrected chi connectivity index (χ4v) is 4.30. The standard InChI is InChI=1S/C16H20N2O3S/c19-22(20,12-15-7-4-10-21-15)13-16-17-8-9-18(16)11-14-5-2-1-3-6-14/h1-3,5-6,8-9,15H,4,7,10-13H2. The molecule has 1 aliphatic heterocycles. The van der Waals surface area contributed by atoms with E-state index in [2.05, 4.69) is 4.98 Å². The summed E-state index contributed by atoms with van der Waals surface area (Å²) in [6.45, 7) is 1.30. The molecule has 1 unspecified atom stereocenters. The first-order valence-electron chi connectivity index (χ1n) is 7.48. The number of nitrogens with zero attached hydrogens (tertiary/aromatic N) is 2. The maximum Gasteiger partial charge on any atom is 0.160 e. The van der Waals surface area contributed by atoms with Crippen molar-refractivity contribution >= 4 is 9.84 Å². The molecule has 1 atom stereocenters. The Morgan fingerprint density at radius 1 is 1.27 bits per heavy atom. The molecule has 0 spiro atoms. The Kier molecular flexibility index (Phi) is 4.59. The predicted octanol–water partition coefficient (Wildman–Crippen LogP) is 2.03. The van der Waals surface area contributed by atoms with Crippen LogP contribution in [0.5, 0.6) is 0 Å². The van der Waals surface area contributed by atoms with Gasteiger partial charge in [-0.1, -0.05) is 30.3 Å². The average Bonchev–Trinajstić information content (AvgIpc) is 3.12. The molecule has 1 saturated heterocycles. The average molecular weight is 320 g/mol. The smallest absolute Gasteiger partial charge is 0.160 e. The summed E-state index contributed by atoms with van der Waals surface area (Å²) in [5.74, 6) is 0.639. The number of hydrogen-bond donors (Lipinski definition) is 0. The van der Waals surface area contributed by atoms with Crippen molar-refractivity contribution in [1.82, 2.24) is 9.55 Å². The summed E-state index contributed by atoms with van der Waals surface area (Å²) in [6, 6.07) is 9.94. The third kappa shape index (κ3) is 3.96. The summed E-state index contributed by atoms with van der Waals surface area (Å²) in [5.41, 5.74) is 1.12. The highest BCUT2D eigenvalue weighted by Gasteiger charge is 2.24. The lowest BCUT2D eigenvalue weighted by molar-refractivity contribution is 0.127. The summed E-state index contributed by atoms with van der Waals surface area (Å²) in [6.07, 6.45) is 5.10. The Labute approximate surface area is 130 Å². The lowest BCUT2D eigenvalue weighted by atomic mass is 10.2. The van der Waals surface area contributed by atoms with E-state index in [4.69, 9.17) is 4.74 Å². The van der Waals surface area contributed by atoms with Crippen molar-refractivity contribution in [3.8, 4) is 0 Å². The topological polar surface area (TPSA) is 61.2 Å². The SMILES string of the molecule is O=S(=O)(Cc1nccn1Cc1ccccc1)CC1CCCO1. The van der Waals surface area contributed by atoms with Crippen molar-refractivity contribution in [3.63, 3.8) is 0 Å². The molecule has 0 bridgehead atoms. The van der Waals surface area contributed by atoms with Crippen LogP contribution in [0.4, 0.5) is 0 Å². The molecule has 3 rings (SSSR count). The molecule has 1 fully saturated rings. The van der Waals surface area contributed by atoms with Gasteiger partial charge in [-0.25, -0.2) is 13.4 Å². The summed E-state index contributed by atoms with van der Waals surface area (Å²) >= 11 is 0. The van der Waals surface area contributed by atoms with Crippen molar-refractivity contribution in [1.29, 1.82) is 0 Å². The van der Waals surface area contributed by atoms with Crippen LogP contribution in [-0.4, -0.2) is 36.4 Å². The molecule has 1 aromatic heterocycles. The van der Waals surface area contributed by atoms with Crippen LogP contribution in [0.2, 0.25) is 0 Å². The van der Waals surface area contributed by atoms with Gasteiger partial charge in [0.1, 0.15) is 11.6 Å². The van der Waals surface area contributed by atoms with Crippen molar-refractivity contribution in [2.75, 3.05) is 12.4 Å². The number of sulfone groups is 1. The first-order chi connectivity index (χ1) is 10.6. The van der Waals surface area contributed by atoms with Gasteiger partial charge in [-0.05, 0) is 18.4 Å². The molecule has 2 aromatic rings. The van der Waals surface area contributed by atoms with Crippen LogP contribution < -0.4 is 0 Å². The van der Waals surface area contributed by atoms with Crippen molar-refractivity contribution in [2.45, 2.75) is 31.2 Å². The van der Waals surface area contributed by atoms with E-state index < -0.39 is 9.84 Å². The highest BCUT2D eigenvalue weighted by Crippen LogP contribution is 2.16. The lowest BCUT2D eigenvalue weighted by Crippen LogP contribution is -2.22. The number of hydrogen-bond acceptors (Lipinski definition) is 4. The second-order valence-corrected chi connectivity index (χ2v) is 7.76. The van der Waals surface area contributed by atoms with Crippen molar-refractivity contribution in [2.24, 2.45) is 0 Å². The van der Waals surface area contributed by atoms with E-state index in [-0.39, 0.29) is 17.6 Å². The summed E-state index contributed by atoms with van der Waals surface area (Å²) < 4.78 is 32.0. The highest BCUT2D eigenvalue weighted by atomic mass is 32.2. The van der Waals surface area contributed by atoms with Crippen LogP contribution in [0.25, 0.3) is 0 Å². The minimum absolute atomic E-state index is 0.0350. The molecule has 0 saturated carbocycles. The van der Waals surface area contributed by atoms with Crippen LogP contribution in [0.3, 0.4) is 0 Å². The minimum Gasteiger partial charge on any atom is -0.377 e. The molecule has 6 heteroatoms. The molecule has 0 aliphatic carbocycles. The number of ether oxygens (including phenoxy) is 1. The minimum atomic E-state index is -3.21. The first-order valence-corrected chi connectivity index (χ1v) is 9.30. The van der Waals surface area contributed by atoms with Gasteiger partial charge in [-0.15, -0.1) is 0 Å². The maximum absolute atomic E-state index is 12.3. The lowest BCUT2D eigenvalue weighted by Gasteiger charge is -2.11. The van der Waals surface area contributed by atoms with E-state index >= 15 is 0 Å². The molecule has 118 valence electrons. The molecule has 5 nitrogen and oxygen atoms in total. The quantitative estimate of drug-likeness (QED) is 0.817. The Bertz CT molecular complexity index is 704. The third-order valence-corrected chi connectivity index (χ3v) is 5.39. The van der Waals surface area contributed by atoms with Gasteiger partial charge in [0.25, 0.3) is 0 Å². The monoisotopic (exact) mass is 320 g/mol. The number of rotatable bonds is 6. The van der Waals surface area contributed by atoms with Gasteiger partial charge in [0.05, 0.1) is 11.9 Å². The Balaban J connectivity index is 1.69. The van der Waals surface area contributed by atoms with Gasteiger partial charge >= 0.3 is 0 Å². The Morgan fingerprint density at radius 2 is 2.09 bits per heavy atom. The molecule has 2 heterocycles. The van der Waals surface area contributed by atoms with E-state index in [0.717, 1.165) is 18.4 Å². The zero-order valence-corrected chi connectivity index (χ0v) is 13.2. The molecule has 1 aromatic carbocycles. The molecule has 0 N–H and O–H groups in total. The summed E-state index contributed by atoms with van der Waals surface area (Å²) in [5, 5.41) is 0. The van der Waals surface area contributed by atoms with E-state index in [1.807, 2.05) is 41.1 Å². The van der Waals surface area contributed by atoms with Gasteiger partial charge in [0.15, 0.2) is 9.84 Å². The van der Waals surface area contributed by atoms with Crippen molar-refractivity contribution < 1.29 is 13.2 Å². The second kappa shape index (κ2) is 6.62. The molecular formula is C16H20N2O3S. The Morgan fingerprint density at radius 3 is 2.82 bits per heavy atom. The van der Waals surface area contributed by atoms with Crippen molar-refractivity contribution in [3.05, 3.63) is 54.1 Å². The number of benzene rings is 1. The molecule has 22 heavy (non-hydrogen) atoms. The van der Waals surface area contributed by atoms with Crippen LogP contribution in [-0.2, 0) is 26.9 Å². The third-order valence-electron chi connectivity index (χ3n) is 3.81. The molecule has 1 aliphatic rings. The predicted molar refractivity (Wildman–Crippen MR) is 84.2 cm³/mol. The molecular weight excluding hydrogens is 300 g/mol. The van der Waals surface area contributed by atoms with Gasteiger partial charge in [0, 0.05) is 25.5 Å². The molecule has 0 amide bonds. The highest BCUT2D eigenvalue weighted by molar-refractivity contribution is 7.90. The van der Waals surface area contributed by atoms with E-state index in [0.29, 0.717) is 19.0 Å². The van der Waals surface area contributed by atoms with Crippen LogP contribution in [0.15, 0.2) is 42.7 Å². The second-order valence-electron chi connectivity index (χ2n) is 5.65. The van der Waals surface area contributed by atoms with E-state index in [9.17, 15) is 8.42 Å². The molecule has 0 radical (unpaired) electrons. The van der Waals surface area contributed by atoms with Gasteiger partial charge in [0.2, 0.25) is 0 Å². The normalized spacial score (nSPS) is 18.6. The largest absolute Gasteiger partial charge is 0.377 e. The van der Waals surface area contributed by atoms with Crippen LogP contribution >= 0.6 is 0 Å². The fourth-order valence-electron chi connectivity index (χ4n) is 2.72. The maximum atomic E-state index is 12.3. The van der Waals surface area contributed by atoms with E-state index in [1.54, 1.807) is 6.20 Å². The zero-order chi connectivity index (χ0) is 15.4. The number of aromatic nitrogens is 2. The summed E-state index contributed by atoms with van der Waals surface area (Å²) in [4.78, 5) is 4.22. The zero-order valence-electron chi connectivity index (χ0n) is 12.4. The van der Waals surface area contributed by atoms with Gasteiger partial charge in [-0.3, -0.25) is 0 Å². The van der Waals surface area contributed by atoms with Gasteiger partial charge in [-0.2, -0.15) is 0 Å². The first kappa shape index (κ1) is 15.2. The summed E-state index contributed by atoms with van der Waals surface area (Å²) in [7, 11) is -3.21. The fraction of sp³-hybridized carbons (Fsp3) is 0.438. The number of imidazole rings is 1. The van der Waals surface area contributed by atoms with E-state index in [1.165, 1.54) is 0 Å². The van der Waals surface area contributed by atoms with Crippen LogP contribution in [0.1, 0.15) is 24.2 Å².